The van der Waals surface area contributed by atoms with Crippen molar-refractivity contribution in [2.75, 3.05) is 12.4 Å². The molecule has 3 nitrogen and oxygen atoms in total. The van der Waals surface area contributed by atoms with Gasteiger partial charge in [-0.05, 0) is 19.8 Å². The average molecular weight is 215 g/mol. The summed E-state index contributed by atoms with van der Waals surface area (Å²) in [6.07, 6.45) is 4.98. The van der Waals surface area contributed by atoms with Crippen LogP contribution in [0.25, 0.3) is 0 Å². The van der Waals surface area contributed by atoms with Crippen molar-refractivity contribution < 1.29 is 9.53 Å². The second-order valence-corrected chi connectivity index (χ2v) is 5.36. The highest BCUT2D eigenvalue weighted by molar-refractivity contribution is 8.01. The molecule has 1 aliphatic carbocycles. The van der Waals surface area contributed by atoms with Crippen LogP contribution in [0, 0.1) is 0 Å². The summed E-state index contributed by atoms with van der Waals surface area (Å²) in [6.45, 7) is 2.33. The predicted octanol–water partition coefficient (Wildman–Crippen LogP) is 1.52. The largest absolute Gasteiger partial charge is 0.465 e. The van der Waals surface area contributed by atoms with Crippen LogP contribution in [0.5, 0.6) is 0 Å². The van der Waals surface area contributed by atoms with Gasteiger partial charge in [0.25, 0.3) is 0 Å². The van der Waals surface area contributed by atoms with E-state index in [2.05, 4.69) is 5.32 Å². The third kappa shape index (κ3) is 1.91. The van der Waals surface area contributed by atoms with Crippen LogP contribution in [0.15, 0.2) is 0 Å². The summed E-state index contributed by atoms with van der Waals surface area (Å²) < 4.78 is 5.01. The highest BCUT2D eigenvalue weighted by Gasteiger charge is 2.44. The number of thioether (sulfide) groups is 1. The van der Waals surface area contributed by atoms with E-state index < -0.39 is 0 Å². The second kappa shape index (κ2) is 4.11. The van der Waals surface area contributed by atoms with Gasteiger partial charge in [-0.1, -0.05) is 12.8 Å². The van der Waals surface area contributed by atoms with Crippen LogP contribution in [-0.4, -0.2) is 29.2 Å². The first-order valence-corrected chi connectivity index (χ1v) is 6.33. The van der Waals surface area contributed by atoms with Gasteiger partial charge in [0.2, 0.25) is 0 Å². The van der Waals surface area contributed by atoms with E-state index in [-0.39, 0.29) is 16.9 Å². The number of nitrogens with one attached hydrogen (secondary N) is 1. The van der Waals surface area contributed by atoms with Crippen molar-refractivity contribution in [2.45, 2.75) is 43.5 Å². The summed E-state index contributed by atoms with van der Waals surface area (Å²) in [6, 6.07) is -0.0713. The molecule has 0 amide bonds. The summed E-state index contributed by atoms with van der Waals surface area (Å²) in [4.78, 5) is 11.7. The lowest BCUT2D eigenvalue weighted by Gasteiger charge is -2.22. The molecule has 2 fully saturated rings. The van der Waals surface area contributed by atoms with Crippen LogP contribution in [0.3, 0.4) is 0 Å². The molecule has 0 aromatic carbocycles. The second-order valence-electron chi connectivity index (χ2n) is 3.96. The van der Waals surface area contributed by atoms with E-state index in [1.807, 2.05) is 18.7 Å². The van der Waals surface area contributed by atoms with E-state index in [9.17, 15) is 4.79 Å². The Morgan fingerprint density at radius 2 is 2.29 bits per heavy atom. The number of esters is 1. The molecule has 1 heterocycles. The Morgan fingerprint density at radius 1 is 1.57 bits per heavy atom. The smallest absolute Gasteiger partial charge is 0.324 e. The van der Waals surface area contributed by atoms with Gasteiger partial charge in [-0.25, -0.2) is 0 Å². The van der Waals surface area contributed by atoms with Crippen molar-refractivity contribution >= 4 is 17.7 Å². The Labute approximate surface area is 89.0 Å². The van der Waals surface area contributed by atoms with Gasteiger partial charge < -0.3 is 4.74 Å². The molecule has 1 atom stereocenters. The molecule has 14 heavy (non-hydrogen) atoms. The fourth-order valence-corrected chi connectivity index (χ4v) is 3.76. The number of ether oxygens (including phenoxy) is 1. The third-order valence-corrected chi connectivity index (χ3v) is 4.52. The monoisotopic (exact) mass is 215 g/mol. The van der Waals surface area contributed by atoms with E-state index in [0.29, 0.717) is 6.61 Å². The Morgan fingerprint density at radius 3 is 2.93 bits per heavy atom. The number of carbonyl (C=O) groups excluding carboxylic acids is 1. The van der Waals surface area contributed by atoms with Crippen LogP contribution in [0.1, 0.15) is 32.6 Å². The summed E-state index contributed by atoms with van der Waals surface area (Å²) in [5.74, 6) is 0.794. The fraction of sp³-hybridized carbons (Fsp3) is 0.900. The van der Waals surface area contributed by atoms with E-state index in [1.54, 1.807) is 0 Å². The zero-order chi connectivity index (χ0) is 10.0. The fourth-order valence-electron chi connectivity index (χ4n) is 2.25. The van der Waals surface area contributed by atoms with Gasteiger partial charge in [-0.2, -0.15) is 0 Å². The van der Waals surface area contributed by atoms with Crippen LogP contribution in [0.2, 0.25) is 0 Å². The van der Waals surface area contributed by atoms with Crippen LogP contribution >= 0.6 is 11.8 Å². The van der Waals surface area contributed by atoms with Gasteiger partial charge in [-0.15, -0.1) is 11.8 Å². The van der Waals surface area contributed by atoms with Gasteiger partial charge in [-0.3, -0.25) is 10.1 Å². The molecule has 1 spiro atoms. The van der Waals surface area contributed by atoms with Crippen LogP contribution in [-0.2, 0) is 9.53 Å². The summed E-state index contributed by atoms with van der Waals surface area (Å²) in [5.41, 5.74) is 0. The Bertz CT molecular complexity index is 226. The SMILES string of the molecule is CCOC(=O)C1CSC2(CCCC2)N1. The summed E-state index contributed by atoms with van der Waals surface area (Å²) in [5, 5.41) is 3.44. The number of hydrogen-bond donors (Lipinski definition) is 1. The maximum Gasteiger partial charge on any atom is 0.324 e. The third-order valence-electron chi connectivity index (χ3n) is 2.95. The van der Waals surface area contributed by atoms with Crippen molar-refractivity contribution in [1.82, 2.24) is 5.32 Å². The first kappa shape index (κ1) is 10.3. The molecule has 1 saturated heterocycles. The lowest BCUT2D eigenvalue weighted by atomic mass is 10.2. The first-order chi connectivity index (χ1) is 6.76. The highest BCUT2D eigenvalue weighted by atomic mass is 32.2. The molecule has 2 rings (SSSR count). The molecule has 0 radical (unpaired) electrons. The molecule has 0 aromatic heterocycles. The molecule has 2 aliphatic rings. The van der Waals surface area contributed by atoms with E-state index in [0.717, 1.165) is 5.75 Å². The van der Waals surface area contributed by atoms with Crippen LogP contribution in [0.4, 0.5) is 0 Å². The van der Waals surface area contributed by atoms with Gasteiger partial charge >= 0.3 is 5.97 Å². The van der Waals surface area contributed by atoms with E-state index in [4.69, 9.17) is 4.74 Å². The molecule has 1 unspecified atom stereocenters. The topological polar surface area (TPSA) is 38.3 Å². The number of carbonyl (C=O) groups is 1. The number of hydrogen-bond acceptors (Lipinski definition) is 4. The molecule has 1 aliphatic heterocycles. The predicted molar refractivity (Wildman–Crippen MR) is 57.2 cm³/mol. The Hall–Kier alpha value is -0.220. The van der Waals surface area contributed by atoms with Crippen molar-refractivity contribution in [1.29, 1.82) is 0 Å². The van der Waals surface area contributed by atoms with Crippen LogP contribution < -0.4 is 5.32 Å². The zero-order valence-electron chi connectivity index (χ0n) is 8.54. The van der Waals surface area contributed by atoms with E-state index in [1.165, 1.54) is 25.7 Å². The van der Waals surface area contributed by atoms with E-state index >= 15 is 0 Å². The normalized spacial score (nSPS) is 29.6. The molecule has 4 heteroatoms. The van der Waals surface area contributed by atoms with Crippen molar-refractivity contribution in [3.05, 3.63) is 0 Å². The minimum Gasteiger partial charge on any atom is -0.465 e. The maximum atomic E-state index is 11.5. The lowest BCUT2D eigenvalue weighted by Crippen LogP contribution is -2.44. The van der Waals surface area contributed by atoms with Gasteiger partial charge in [0.1, 0.15) is 6.04 Å². The molecule has 0 aromatic rings. The Balaban J connectivity index is 1.90. The van der Waals surface area contributed by atoms with Crippen molar-refractivity contribution in [3.63, 3.8) is 0 Å². The molecule has 80 valence electrons. The summed E-state index contributed by atoms with van der Waals surface area (Å²) >= 11 is 1.90. The minimum absolute atomic E-state index is 0.0713. The standard InChI is InChI=1S/C10H17NO2S/c1-2-13-9(12)8-7-14-10(11-8)5-3-4-6-10/h8,11H,2-7H2,1H3. The van der Waals surface area contributed by atoms with Gasteiger partial charge in [0.05, 0.1) is 11.5 Å². The molecule has 0 bridgehead atoms. The quantitative estimate of drug-likeness (QED) is 0.709. The first-order valence-electron chi connectivity index (χ1n) is 5.34. The molecular formula is C10H17NO2S. The van der Waals surface area contributed by atoms with Gasteiger partial charge in [0, 0.05) is 5.75 Å². The molecular weight excluding hydrogens is 198 g/mol. The molecule has 1 N–H and O–H groups in total. The minimum atomic E-state index is -0.0798. The van der Waals surface area contributed by atoms with Crippen molar-refractivity contribution in [2.24, 2.45) is 0 Å². The maximum absolute atomic E-state index is 11.5. The van der Waals surface area contributed by atoms with Crippen molar-refractivity contribution in [3.8, 4) is 0 Å². The van der Waals surface area contributed by atoms with Gasteiger partial charge in [0.15, 0.2) is 0 Å². The summed E-state index contributed by atoms with van der Waals surface area (Å²) in [7, 11) is 0. The number of rotatable bonds is 2. The average Bonchev–Trinajstić information content (AvgIpc) is 2.78. The zero-order valence-corrected chi connectivity index (χ0v) is 9.36. The highest BCUT2D eigenvalue weighted by Crippen LogP contribution is 2.43. The Kier molecular flexibility index (Phi) is 3.02. The molecule has 1 saturated carbocycles. The lowest BCUT2D eigenvalue weighted by molar-refractivity contribution is -0.145.